The van der Waals surface area contributed by atoms with E-state index in [0.717, 1.165) is 36.9 Å². The quantitative estimate of drug-likeness (QED) is 0.900. The molecule has 0 bridgehead atoms. The van der Waals surface area contributed by atoms with Crippen molar-refractivity contribution in [3.05, 3.63) is 47.0 Å². The number of hydrogen-bond donors (Lipinski definition) is 1. The predicted octanol–water partition coefficient (Wildman–Crippen LogP) is 2.83. The maximum Gasteiger partial charge on any atom is 0.308 e. The van der Waals surface area contributed by atoms with Crippen LogP contribution in [0.3, 0.4) is 0 Å². The van der Waals surface area contributed by atoms with E-state index in [1.165, 1.54) is 12.1 Å². The molecule has 1 aromatic carbocycles. The molecular weight excluding hydrogens is 349 g/mol. The zero-order chi connectivity index (χ0) is 19.0. The maximum absolute atomic E-state index is 13.7. The van der Waals surface area contributed by atoms with Gasteiger partial charge in [-0.15, -0.1) is 0 Å². The highest BCUT2D eigenvalue weighted by Crippen LogP contribution is 2.29. The van der Waals surface area contributed by atoms with Gasteiger partial charge in [0.1, 0.15) is 5.82 Å². The van der Waals surface area contributed by atoms with Gasteiger partial charge in [0.05, 0.1) is 11.6 Å². The number of carbonyl (C=O) groups is 2. The SMILES string of the molecule is O=C(O)C1CCCN(C(=O)c2nn(-c3cccc(F)c3)c3c2CCCC3)C1. The summed E-state index contributed by atoms with van der Waals surface area (Å²) >= 11 is 0. The first-order chi connectivity index (χ1) is 13.0. The second kappa shape index (κ2) is 7.13. The van der Waals surface area contributed by atoms with Crippen molar-refractivity contribution in [2.45, 2.75) is 38.5 Å². The number of amides is 1. The van der Waals surface area contributed by atoms with E-state index in [4.69, 9.17) is 0 Å². The normalized spacial score (nSPS) is 19.6. The molecule has 27 heavy (non-hydrogen) atoms. The number of carbonyl (C=O) groups excluding carboxylic acids is 1. The fourth-order valence-electron chi connectivity index (χ4n) is 4.11. The summed E-state index contributed by atoms with van der Waals surface area (Å²) in [7, 11) is 0. The number of hydrogen-bond acceptors (Lipinski definition) is 3. The molecule has 0 radical (unpaired) electrons. The van der Waals surface area contributed by atoms with Gasteiger partial charge in [-0.3, -0.25) is 9.59 Å². The van der Waals surface area contributed by atoms with Gasteiger partial charge in [0.15, 0.2) is 5.69 Å². The lowest BCUT2D eigenvalue weighted by Crippen LogP contribution is -2.42. The Morgan fingerprint density at radius 1 is 1.19 bits per heavy atom. The Morgan fingerprint density at radius 3 is 2.78 bits per heavy atom. The highest BCUT2D eigenvalue weighted by molar-refractivity contribution is 5.94. The second-order valence-electron chi connectivity index (χ2n) is 7.30. The average molecular weight is 371 g/mol. The minimum atomic E-state index is -0.861. The van der Waals surface area contributed by atoms with E-state index < -0.39 is 11.9 Å². The molecule has 1 amide bonds. The predicted molar refractivity (Wildman–Crippen MR) is 96.4 cm³/mol. The molecule has 1 atom stereocenters. The van der Waals surface area contributed by atoms with Crippen LogP contribution in [0, 0.1) is 11.7 Å². The van der Waals surface area contributed by atoms with Gasteiger partial charge in [0.2, 0.25) is 0 Å². The van der Waals surface area contributed by atoms with Crippen LogP contribution >= 0.6 is 0 Å². The number of likely N-dealkylation sites (tertiary alicyclic amines) is 1. The first kappa shape index (κ1) is 17.7. The van der Waals surface area contributed by atoms with Crippen LogP contribution in [0.5, 0.6) is 0 Å². The third kappa shape index (κ3) is 3.34. The summed E-state index contributed by atoms with van der Waals surface area (Å²) in [6.07, 6.45) is 4.82. The Balaban J connectivity index is 1.70. The largest absolute Gasteiger partial charge is 0.481 e. The summed E-state index contributed by atoms with van der Waals surface area (Å²) < 4.78 is 15.4. The number of halogens is 1. The van der Waals surface area contributed by atoms with E-state index in [9.17, 15) is 19.1 Å². The van der Waals surface area contributed by atoms with Crippen molar-refractivity contribution >= 4 is 11.9 Å². The van der Waals surface area contributed by atoms with Crippen LogP contribution in [0.2, 0.25) is 0 Å². The minimum absolute atomic E-state index is 0.214. The van der Waals surface area contributed by atoms with Gasteiger partial charge in [-0.2, -0.15) is 5.10 Å². The molecule has 6 nitrogen and oxygen atoms in total. The smallest absolute Gasteiger partial charge is 0.308 e. The van der Waals surface area contributed by atoms with Crippen molar-refractivity contribution in [2.75, 3.05) is 13.1 Å². The van der Waals surface area contributed by atoms with Crippen LogP contribution in [0.25, 0.3) is 5.69 Å². The van der Waals surface area contributed by atoms with Crippen molar-refractivity contribution in [1.82, 2.24) is 14.7 Å². The highest BCUT2D eigenvalue weighted by atomic mass is 19.1. The number of aliphatic carboxylic acids is 1. The van der Waals surface area contributed by atoms with Crippen LogP contribution in [-0.4, -0.2) is 44.8 Å². The fourth-order valence-corrected chi connectivity index (χ4v) is 4.11. The van der Waals surface area contributed by atoms with Crippen LogP contribution in [0.15, 0.2) is 24.3 Å². The van der Waals surface area contributed by atoms with E-state index in [2.05, 4.69) is 5.10 Å². The Hall–Kier alpha value is -2.70. The van der Waals surface area contributed by atoms with Crippen LogP contribution in [-0.2, 0) is 17.6 Å². The van der Waals surface area contributed by atoms with Crippen molar-refractivity contribution in [3.63, 3.8) is 0 Å². The molecule has 1 unspecified atom stereocenters. The topological polar surface area (TPSA) is 75.4 Å². The van der Waals surface area contributed by atoms with Gasteiger partial charge in [0.25, 0.3) is 5.91 Å². The van der Waals surface area contributed by atoms with Crippen molar-refractivity contribution < 1.29 is 19.1 Å². The number of carboxylic acid groups (broad SMARTS) is 1. The average Bonchev–Trinajstić information content (AvgIpc) is 3.07. The summed E-state index contributed by atoms with van der Waals surface area (Å²) in [5.74, 6) is -1.95. The number of nitrogens with zero attached hydrogens (tertiary/aromatic N) is 3. The third-order valence-electron chi connectivity index (χ3n) is 5.49. The molecule has 142 valence electrons. The number of rotatable bonds is 3. The number of piperidine rings is 1. The molecule has 2 aliphatic rings. The van der Waals surface area contributed by atoms with Crippen LogP contribution in [0.1, 0.15) is 47.4 Å². The lowest BCUT2D eigenvalue weighted by Gasteiger charge is -2.30. The van der Waals surface area contributed by atoms with Crippen molar-refractivity contribution in [3.8, 4) is 5.69 Å². The molecule has 1 fully saturated rings. The molecule has 1 aromatic heterocycles. The number of fused-ring (bicyclic) bond motifs is 1. The molecule has 2 aromatic rings. The molecule has 0 spiro atoms. The number of aromatic nitrogens is 2. The van der Waals surface area contributed by atoms with E-state index >= 15 is 0 Å². The molecule has 1 aliphatic heterocycles. The maximum atomic E-state index is 13.7. The third-order valence-corrected chi connectivity index (χ3v) is 5.49. The standard InChI is InChI=1S/C20H22FN3O3/c21-14-6-3-7-15(11-14)24-17-9-2-1-8-16(17)18(22-24)19(25)23-10-4-5-13(12-23)20(26)27/h3,6-7,11,13H,1-2,4-5,8-10,12H2,(H,26,27). The molecule has 1 N–H and O–H groups in total. The van der Waals surface area contributed by atoms with Gasteiger partial charge < -0.3 is 10.0 Å². The van der Waals surface area contributed by atoms with E-state index in [-0.39, 0.29) is 18.3 Å². The minimum Gasteiger partial charge on any atom is -0.481 e. The van der Waals surface area contributed by atoms with Gasteiger partial charge in [-0.05, 0) is 56.7 Å². The number of carboxylic acids is 1. The summed E-state index contributed by atoms with van der Waals surface area (Å²) in [6, 6.07) is 6.20. The van der Waals surface area contributed by atoms with Gasteiger partial charge in [0, 0.05) is 24.3 Å². The second-order valence-corrected chi connectivity index (χ2v) is 7.30. The first-order valence-electron chi connectivity index (χ1n) is 9.43. The molecule has 1 aliphatic carbocycles. The Morgan fingerprint density at radius 2 is 2.00 bits per heavy atom. The lowest BCUT2D eigenvalue weighted by molar-refractivity contribution is -0.143. The summed E-state index contributed by atoms with van der Waals surface area (Å²) in [4.78, 5) is 26.1. The fraction of sp³-hybridized carbons (Fsp3) is 0.450. The van der Waals surface area contributed by atoms with E-state index in [0.29, 0.717) is 30.8 Å². The van der Waals surface area contributed by atoms with E-state index in [1.54, 1.807) is 21.7 Å². The molecule has 7 heteroatoms. The highest BCUT2D eigenvalue weighted by Gasteiger charge is 2.33. The molecule has 1 saturated heterocycles. The Labute approximate surface area is 156 Å². The zero-order valence-corrected chi connectivity index (χ0v) is 15.0. The van der Waals surface area contributed by atoms with Gasteiger partial charge in [-0.1, -0.05) is 6.07 Å². The van der Waals surface area contributed by atoms with Gasteiger partial charge >= 0.3 is 5.97 Å². The van der Waals surface area contributed by atoms with Crippen LogP contribution in [0.4, 0.5) is 4.39 Å². The van der Waals surface area contributed by atoms with E-state index in [1.807, 2.05) is 0 Å². The molecule has 4 rings (SSSR count). The van der Waals surface area contributed by atoms with Crippen molar-refractivity contribution in [2.24, 2.45) is 5.92 Å². The first-order valence-corrected chi connectivity index (χ1v) is 9.43. The Bertz CT molecular complexity index is 893. The number of benzene rings is 1. The monoisotopic (exact) mass is 371 g/mol. The lowest BCUT2D eigenvalue weighted by atomic mass is 9.94. The summed E-state index contributed by atoms with van der Waals surface area (Å²) in [5, 5.41) is 13.8. The summed E-state index contributed by atoms with van der Waals surface area (Å²) in [6.45, 7) is 0.764. The molecule has 0 saturated carbocycles. The molecule has 2 heterocycles. The zero-order valence-electron chi connectivity index (χ0n) is 15.0. The molecular formula is C20H22FN3O3. The van der Waals surface area contributed by atoms with Crippen molar-refractivity contribution in [1.29, 1.82) is 0 Å². The summed E-state index contributed by atoms with van der Waals surface area (Å²) in [5.41, 5.74) is 2.88. The van der Waals surface area contributed by atoms with Crippen LogP contribution < -0.4 is 0 Å². The van der Waals surface area contributed by atoms with Gasteiger partial charge in [-0.25, -0.2) is 9.07 Å². The Kier molecular flexibility index (Phi) is 4.68.